The zero-order valence-corrected chi connectivity index (χ0v) is 10.9. The molecule has 1 aromatic heterocycles. The fraction of sp³-hybridized carbons (Fsp3) is 0.500. The van der Waals surface area contributed by atoms with Gasteiger partial charge < -0.3 is 5.32 Å². The van der Waals surface area contributed by atoms with E-state index in [4.69, 9.17) is 11.6 Å². The maximum absolute atomic E-state index is 12.4. The number of alkyl halides is 3. The number of hydrogen-bond donors (Lipinski definition) is 1. The number of halogens is 4. The molecular formula is C10H12ClF3N2S. The highest BCUT2D eigenvalue weighted by Crippen LogP contribution is 2.32. The molecule has 0 aromatic carbocycles. The van der Waals surface area contributed by atoms with Gasteiger partial charge >= 0.3 is 6.18 Å². The van der Waals surface area contributed by atoms with Crippen LogP contribution >= 0.6 is 23.4 Å². The van der Waals surface area contributed by atoms with E-state index in [0.29, 0.717) is 0 Å². The number of hydrogen-bond acceptors (Lipinski definition) is 3. The molecule has 17 heavy (non-hydrogen) atoms. The van der Waals surface area contributed by atoms with E-state index in [1.165, 1.54) is 0 Å². The lowest BCUT2D eigenvalue weighted by molar-refractivity contribution is -0.137. The van der Waals surface area contributed by atoms with Gasteiger partial charge in [-0.1, -0.05) is 11.6 Å². The number of thioether (sulfide) groups is 1. The predicted molar refractivity (Wildman–Crippen MR) is 65.7 cm³/mol. The minimum atomic E-state index is -4.42. The second-order valence-electron chi connectivity index (χ2n) is 3.55. The van der Waals surface area contributed by atoms with Gasteiger partial charge in [-0.05, 0) is 19.2 Å². The van der Waals surface area contributed by atoms with Gasteiger partial charge in [-0.2, -0.15) is 24.9 Å². The first-order valence-electron chi connectivity index (χ1n) is 4.82. The maximum atomic E-state index is 12.4. The lowest BCUT2D eigenvalue weighted by atomic mass is 10.2. The van der Waals surface area contributed by atoms with Crippen molar-refractivity contribution in [3.8, 4) is 0 Å². The summed E-state index contributed by atoms with van der Waals surface area (Å²) in [6.45, 7) is 1.91. The maximum Gasteiger partial charge on any atom is 0.417 e. The van der Waals surface area contributed by atoms with E-state index in [-0.39, 0.29) is 16.9 Å². The lowest BCUT2D eigenvalue weighted by Gasteiger charge is -2.15. The molecule has 96 valence electrons. The lowest BCUT2D eigenvalue weighted by Crippen LogP contribution is -2.19. The average Bonchev–Trinajstić information content (AvgIpc) is 2.20. The SMILES string of the molecule is CSCC(C)Nc1ncc(C(F)(F)F)cc1Cl. The summed E-state index contributed by atoms with van der Waals surface area (Å²) in [5.41, 5.74) is -0.842. The van der Waals surface area contributed by atoms with Crippen molar-refractivity contribution >= 4 is 29.2 Å². The van der Waals surface area contributed by atoms with Crippen LogP contribution < -0.4 is 5.32 Å². The van der Waals surface area contributed by atoms with E-state index in [1.807, 2.05) is 13.2 Å². The molecule has 7 heteroatoms. The Morgan fingerprint density at radius 1 is 1.53 bits per heavy atom. The van der Waals surface area contributed by atoms with Gasteiger partial charge in [0.25, 0.3) is 0 Å². The summed E-state index contributed by atoms with van der Waals surface area (Å²) in [5, 5.41) is 2.94. The summed E-state index contributed by atoms with van der Waals surface area (Å²) in [6.07, 6.45) is -1.69. The van der Waals surface area contributed by atoms with Crippen molar-refractivity contribution in [2.24, 2.45) is 0 Å². The summed E-state index contributed by atoms with van der Waals surface area (Å²) in [4.78, 5) is 3.69. The average molecular weight is 285 g/mol. The first kappa shape index (κ1) is 14.4. The van der Waals surface area contributed by atoms with Gasteiger partial charge in [0.05, 0.1) is 10.6 Å². The van der Waals surface area contributed by atoms with Crippen molar-refractivity contribution < 1.29 is 13.2 Å². The van der Waals surface area contributed by atoms with Gasteiger partial charge in [0, 0.05) is 18.0 Å². The number of nitrogens with one attached hydrogen (secondary N) is 1. The van der Waals surface area contributed by atoms with Crippen LogP contribution in [0, 0.1) is 0 Å². The van der Waals surface area contributed by atoms with Crippen molar-refractivity contribution in [2.75, 3.05) is 17.3 Å². The van der Waals surface area contributed by atoms with Crippen LogP contribution in [0.3, 0.4) is 0 Å². The normalized spacial score (nSPS) is 13.5. The number of pyridine rings is 1. The van der Waals surface area contributed by atoms with E-state index in [0.717, 1.165) is 18.0 Å². The molecule has 0 saturated heterocycles. The van der Waals surface area contributed by atoms with Crippen molar-refractivity contribution in [1.29, 1.82) is 0 Å². The third kappa shape index (κ3) is 4.27. The van der Waals surface area contributed by atoms with Crippen molar-refractivity contribution in [3.63, 3.8) is 0 Å². The Labute approximate surface area is 107 Å². The van der Waals surface area contributed by atoms with Crippen LogP contribution in [0.1, 0.15) is 12.5 Å². The highest BCUT2D eigenvalue weighted by Gasteiger charge is 2.31. The molecule has 0 fully saturated rings. The smallest absolute Gasteiger partial charge is 0.366 e. The standard InChI is InChI=1S/C10H12ClF3N2S/c1-6(5-17-2)16-9-8(11)3-7(4-15-9)10(12,13)14/h3-4,6H,5H2,1-2H3,(H,15,16). The van der Waals surface area contributed by atoms with Crippen LogP contribution in [0.15, 0.2) is 12.3 Å². The molecule has 1 unspecified atom stereocenters. The number of aromatic nitrogens is 1. The Morgan fingerprint density at radius 2 is 2.18 bits per heavy atom. The quantitative estimate of drug-likeness (QED) is 0.907. The van der Waals surface area contributed by atoms with E-state index >= 15 is 0 Å². The van der Waals surface area contributed by atoms with E-state index in [2.05, 4.69) is 10.3 Å². The fourth-order valence-electron chi connectivity index (χ4n) is 1.22. The Balaban J connectivity index is 2.83. The molecule has 0 aliphatic heterocycles. The minimum Gasteiger partial charge on any atom is -0.366 e. The third-order valence-electron chi connectivity index (χ3n) is 1.97. The highest BCUT2D eigenvalue weighted by molar-refractivity contribution is 7.98. The number of anilines is 1. The predicted octanol–water partition coefficient (Wildman–Crippen LogP) is 3.92. The van der Waals surface area contributed by atoms with Gasteiger partial charge in [-0.25, -0.2) is 4.98 Å². The molecule has 0 radical (unpaired) electrons. The van der Waals surface area contributed by atoms with E-state index in [9.17, 15) is 13.2 Å². The zero-order chi connectivity index (χ0) is 13.1. The summed E-state index contributed by atoms with van der Waals surface area (Å²) >= 11 is 7.38. The van der Waals surface area contributed by atoms with Crippen LogP contribution in [0.2, 0.25) is 5.02 Å². The summed E-state index contributed by atoms with van der Waals surface area (Å²) < 4.78 is 37.1. The zero-order valence-electron chi connectivity index (χ0n) is 9.31. The van der Waals surface area contributed by atoms with Gasteiger partial charge in [-0.15, -0.1) is 0 Å². The summed E-state index contributed by atoms with van der Waals surface area (Å²) in [6, 6.07) is 0.967. The second-order valence-corrected chi connectivity index (χ2v) is 4.87. The Bertz CT molecular complexity index is 384. The molecule has 1 N–H and O–H groups in total. The van der Waals surface area contributed by atoms with Crippen LogP contribution in [0.4, 0.5) is 19.0 Å². The molecule has 1 atom stereocenters. The van der Waals surface area contributed by atoms with E-state index < -0.39 is 11.7 Å². The van der Waals surface area contributed by atoms with Gasteiger partial charge in [0.1, 0.15) is 5.82 Å². The summed E-state index contributed by atoms with van der Waals surface area (Å²) in [5.74, 6) is 1.10. The number of rotatable bonds is 4. The van der Waals surface area contributed by atoms with Crippen LogP contribution in [0.25, 0.3) is 0 Å². The molecular weight excluding hydrogens is 273 g/mol. The fourth-order valence-corrected chi connectivity index (χ4v) is 2.03. The van der Waals surface area contributed by atoms with E-state index in [1.54, 1.807) is 11.8 Å². The molecule has 0 amide bonds. The topological polar surface area (TPSA) is 24.9 Å². The molecule has 0 aliphatic carbocycles. The monoisotopic (exact) mass is 284 g/mol. The largest absolute Gasteiger partial charge is 0.417 e. The summed E-state index contributed by atoms with van der Waals surface area (Å²) in [7, 11) is 0. The molecule has 1 rings (SSSR count). The molecule has 1 aromatic rings. The second kappa shape index (κ2) is 5.82. The van der Waals surface area contributed by atoms with Crippen LogP contribution in [0.5, 0.6) is 0 Å². The molecule has 0 bridgehead atoms. The Morgan fingerprint density at radius 3 is 2.65 bits per heavy atom. The van der Waals surface area contributed by atoms with Gasteiger partial charge in [0.15, 0.2) is 0 Å². The molecule has 0 aliphatic rings. The molecule has 1 heterocycles. The van der Waals surface area contributed by atoms with Crippen LogP contribution in [-0.2, 0) is 6.18 Å². The molecule has 2 nitrogen and oxygen atoms in total. The molecule has 0 saturated carbocycles. The Kier molecular flexibility index (Phi) is 4.94. The third-order valence-corrected chi connectivity index (χ3v) is 3.09. The molecule has 0 spiro atoms. The first-order chi connectivity index (χ1) is 7.84. The highest BCUT2D eigenvalue weighted by atomic mass is 35.5. The van der Waals surface area contributed by atoms with Gasteiger partial charge in [-0.3, -0.25) is 0 Å². The first-order valence-corrected chi connectivity index (χ1v) is 6.60. The van der Waals surface area contributed by atoms with Crippen molar-refractivity contribution in [1.82, 2.24) is 4.98 Å². The number of nitrogens with zero attached hydrogens (tertiary/aromatic N) is 1. The van der Waals surface area contributed by atoms with Gasteiger partial charge in [0.2, 0.25) is 0 Å². The minimum absolute atomic E-state index is 0.0206. The van der Waals surface area contributed by atoms with Crippen LogP contribution in [-0.4, -0.2) is 23.0 Å². The Hall–Kier alpha value is -0.620. The van der Waals surface area contributed by atoms with Crippen molar-refractivity contribution in [2.45, 2.75) is 19.1 Å². The van der Waals surface area contributed by atoms with Crippen molar-refractivity contribution in [3.05, 3.63) is 22.8 Å².